The molecular weight excluding hydrogens is 580 g/mol. The molecule has 2 rings (SSSR count). The topological polar surface area (TPSA) is 260 Å². The number of amides is 2. The summed E-state index contributed by atoms with van der Waals surface area (Å²) in [5, 5.41) is 25.6. The smallest absolute Gasteiger partial charge is 0.322 e. The summed E-state index contributed by atoms with van der Waals surface area (Å²) in [6.07, 6.45) is -0.521. The minimum atomic E-state index is -3.96. The second-order valence-electron chi connectivity index (χ2n) is 7.79. The standard InChI is InChI=1S/C20H26N6O10S3/c1-11-8-16(24-36-11)26-39(34,35)13-4-2-12(3-5-13)25-38(33)37-10-15(19(30)22-9-18(28)29)23-17(27)7-6-14(21)20(31)32/h2-5,8,14-15,25H,6-7,9-10,21H2,1H3,(H,22,30)(H,23,27)(H,24,26)(H,28,29)(H,31,32)/t14-,15-,38?/m0/s1. The monoisotopic (exact) mass is 606 g/mol. The van der Waals surface area contributed by atoms with Crippen molar-refractivity contribution in [1.82, 2.24) is 15.8 Å². The molecule has 3 atom stereocenters. The van der Waals surface area contributed by atoms with E-state index in [1.165, 1.54) is 30.3 Å². The lowest BCUT2D eigenvalue weighted by molar-refractivity contribution is -0.139. The SMILES string of the molecule is Cc1cc(NS(=O)(=O)c2ccc(NS(=O)SC[C@H](NC(=O)CC[C@H](N)C(=O)O)C(=O)NCC(=O)O)cc2)no1. The summed E-state index contributed by atoms with van der Waals surface area (Å²) < 4.78 is 47.1. The number of aryl methyl sites for hydroxylation is 1. The molecule has 8 N–H and O–H groups in total. The normalized spacial score (nSPS) is 13.5. The van der Waals surface area contributed by atoms with Crippen molar-refractivity contribution in [2.75, 3.05) is 21.7 Å². The number of hydrogen-bond acceptors (Lipinski definition) is 11. The third-order valence-corrected chi connectivity index (χ3v) is 8.40. The molecule has 0 aliphatic rings. The average Bonchev–Trinajstić information content (AvgIpc) is 3.27. The van der Waals surface area contributed by atoms with Gasteiger partial charge in [0.2, 0.25) is 11.8 Å². The van der Waals surface area contributed by atoms with Gasteiger partial charge in [0.15, 0.2) is 15.8 Å². The van der Waals surface area contributed by atoms with Gasteiger partial charge in [0.05, 0.1) is 4.90 Å². The molecule has 39 heavy (non-hydrogen) atoms. The summed E-state index contributed by atoms with van der Waals surface area (Å²) in [5.74, 6) is -4.04. The highest BCUT2D eigenvalue weighted by Crippen LogP contribution is 2.20. The van der Waals surface area contributed by atoms with Gasteiger partial charge in [0.25, 0.3) is 10.0 Å². The van der Waals surface area contributed by atoms with E-state index >= 15 is 0 Å². The number of hydrogen-bond donors (Lipinski definition) is 7. The third kappa shape index (κ3) is 10.9. The number of nitrogens with zero attached hydrogens (tertiary/aromatic N) is 1. The lowest BCUT2D eigenvalue weighted by Gasteiger charge is -2.18. The first-order valence-electron chi connectivity index (χ1n) is 10.9. The van der Waals surface area contributed by atoms with Gasteiger partial charge in [0.1, 0.15) is 24.4 Å². The number of nitrogens with one attached hydrogen (secondary N) is 4. The Kier molecular flexibility index (Phi) is 11.7. The predicted octanol–water partition coefficient (Wildman–Crippen LogP) is -0.615. The average molecular weight is 607 g/mol. The number of nitrogens with two attached hydrogens (primary N) is 1. The van der Waals surface area contributed by atoms with Gasteiger partial charge in [-0.15, -0.1) is 0 Å². The van der Waals surface area contributed by atoms with Gasteiger partial charge in [-0.3, -0.25) is 28.6 Å². The zero-order chi connectivity index (χ0) is 29.2. The summed E-state index contributed by atoms with van der Waals surface area (Å²) in [4.78, 5) is 46.0. The molecule has 2 amide bonds. The Morgan fingerprint density at radius 3 is 2.41 bits per heavy atom. The molecule has 0 spiro atoms. The first kappa shape index (κ1) is 31.5. The number of carboxylic acid groups (broad SMARTS) is 2. The maximum Gasteiger partial charge on any atom is 0.322 e. The molecule has 2 aromatic rings. The molecule has 1 heterocycles. The summed E-state index contributed by atoms with van der Waals surface area (Å²) in [6.45, 7) is 0.877. The van der Waals surface area contributed by atoms with Gasteiger partial charge >= 0.3 is 11.9 Å². The number of rotatable bonds is 16. The number of carbonyl (C=O) groups is 4. The van der Waals surface area contributed by atoms with E-state index in [1.54, 1.807) is 6.92 Å². The van der Waals surface area contributed by atoms with E-state index in [1.807, 2.05) is 0 Å². The van der Waals surface area contributed by atoms with Crippen molar-refractivity contribution in [3.05, 3.63) is 36.1 Å². The lowest BCUT2D eigenvalue weighted by atomic mass is 10.1. The first-order chi connectivity index (χ1) is 18.3. The number of benzene rings is 1. The molecule has 1 aromatic heterocycles. The van der Waals surface area contributed by atoms with E-state index < -0.39 is 62.4 Å². The lowest BCUT2D eigenvalue weighted by Crippen LogP contribution is -2.49. The van der Waals surface area contributed by atoms with Crippen LogP contribution in [-0.2, 0) is 39.2 Å². The van der Waals surface area contributed by atoms with Crippen molar-refractivity contribution in [2.24, 2.45) is 5.73 Å². The molecule has 19 heteroatoms. The van der Waals surface area contributed by atoms with Crippen LogP contribution in [0.4, 0.5) is 11.5 Å². The van der Waals surface area contributed by atoms with Crippen LogP contribution in [0.15, 0.2) is 39.8 Å². The zero-order valence-electron chi connectivity index (χ0n) is 20.3. The second-order valence-corrected chi connectivity index (χ2v) is 12.3. The van der Waals surface area contributed by atoms with Crippen LogP contribution in [-0.4, -0.2) is 76.1 Å². The Bertz CT molecular complexity index is 1320. The third-order valence-electron chi connectivity index (χ3n) is 4.64. The van der Waals surface area contributed by atoms with Gasteiger partial charge < -0.3 is 31.1 Å². The van der Waals surface area contributed by atoms with Crippen LogP contribution in [0.1, 0.15) is 18.6 Å². The molecule has 16 nitrogen and oxygen atoms in total. The van der Waals surface area contributed by atoms with Crippen molar-refractivity contribution in [3.8, 4) is 0 Å². The molecule has 0 radical (unpaired) electrons. The van der Waals surface area contributed by atoms with Gasteiger partial charge in [-0.2, -0.15) is 0 Å². The molecule has 1 aromatic carbocycles. The fourth-order valence-corrected chi connectivity index (χ4v) is 5.82. The Balaban J connectivity index is 1.96. The highest BCUT2D eigenvalue weighted by Gasteiger charge is 2.24. The number of carbonyl (C=O) groups excluding carboxylic acids is 2. The van der Waals surface area contributed by atoms with E-state index in [2.05, 4.69) is 25.2 Å². The van der Waals surface area contributed by atoms with Crippen molar-refractivity contribution >= 4 is 66.1 Å². The molecule has 1 unspecified atom stereocenters. The van der Waals surface area contributed by atoms with Crippen LogP contribution in [0.5, 0.6) is 0 Å². The maximum atomic E-state index is 12.5. The van der Waals surface area contributed by atoms with Crippen molar-refractivity contribution in [2.45, 2.75) is 36.7 Å². The predicted molar refractivity (Wildman–Crippen MR) is 140 cm³/mol. The molecule has 0 saturated heterocycles. The largest absolute Gasteiger partial charge is 0.480 e. The van der Waals surface area contributed by atoms with E-state index in [9.17, 15) is 31.8 Å². The van der Waals surface area contributed by atoms with Crippen LogP contribution < -0.4 is 25.8 Å². The zero-order valence-corrected chi connectivity index (χ0v) is 22.7. The molecule has 214 valence electrons. The van der Waals surface area contributed by atoms with Gasteiger partial charge in [-0.1, -0.05) is 5.16 Å². The van der Waals surface area contributed by atoms with Crippen LogP contribution in [0.2, 0.25) is 0 Å². The number of aromatic nitrogens is 1. The van der Waals surface area contributed by atoms with Gasteiger partial charge in [-0.05, 0) is 48.4 Å². The second kappa shape index (κ2) is 14.5. The Hall–Kier alpha value is -3.68. The van der Waals surface area contributed by atoms with E-state index in [0.29, 0.717) is 16.6 Å². The van der Waals surface area contributed by atoms with Crippen LogP contribution in [0.3, 0.4) is 0 Å². The van der Waals surface area contributed by atoms with E-state index in [0.717, 1.165) is 0 Å². The Labute approximate surface area is 228 Å². The quantitative estimate of drug-likeness (QED) is 0.118. The van der Waals surface area contributed by atoms with E-state index in [4.69, 9.17) is 20.5 Å². The van der Waals surface area contributed by atoms with Crippen LogP contribution >= 0.6 is 10.8 Å². The van der Waals surface area contributed by atoms with Gasteiger partial charge in [0, 0.05) is 23.9 Å². The molecule has 0 saturated carbocycles. The molecule has 0 aliphatic heterocycles. The molecule has 0 fully saturated rings. The van der Waals surface area contributed by atoms with Crippen LogP contribution in [0.25, 0.3) is 0 Å². The summed E-state index contributed by atoms with van der Waals surface area (Å²) >= 11 is 0. The fraction of sp³-hybridized carbons (Fsp3) is 0.350. The molecular formula is C20H26N6O10S3. The molecule has 0 aliphatic carbocycles. The summed E-state index contributed by atoms with van der Waals surface area (Å²) in [7, 11) is -5.14. The van der Waals surface area contributed by atoms with Crippen LogP contribution in [0, 0.1) is 6.92 Å². The fourth-order valence-electron chi connectivity index (χ4n) is 2.71. The van der Waals surface area contributed by atoms with E-state index in [-0.39, 0.29) is 35.0 Å². The maximum absolute atomic E-state index is 12.5. The van der Waals surface area contributed by atoms with Crippen molar-refractivity contribution < 1.29 is 46.5 Å². The highest BCUT2D eigenvalue weighted by atomic mass is 33.1. The number of carboxylic acids is 2. The minimum Gasteiger partial charge on any atom is -0.480 e. The summed E-state index contributed by atoms with van der Waals surface area (Å²) in [6, 6.07) is 4.03. The number of aliphatic carboxylic acids is 2. The van der Waals surface area contributed by atoms with Crippen molar-refractivity contribution in [3.63, 3.8) is 0 Å². The minimum absolute atomic E-state index is 0.00553. The number of sulfonamides is 1. The molecule has 0 bridgehead atoms. The number of anilines is 2. The summed E-state index contributed by atoms with van der Waals surface area (Å²) in [5.41, 5.74) is 5.63. The Morgan fingerprint density at radius 2 is 1.85 bits per heavy atom. The first-order valence-corrected chi connectivity index (χ1v) is 15.1. The van der Waals surface area contributed by atoms with Crippen molar-refractivity contribution in [1.29, 1.82) is 0 Å². The van der Waals surface area contributed by atoms with Gasteiger partial charge in [-0.25, -0.2) is 12.6 Å². The Morgan fingerprint density at radius 1 is 1.18 bits per heavy atom. The highest BCUT2D eigenvalue weighted by molar-refractivity contribution is 8.69.